The summed E-state index contributed by atoms with van der Waals surface area (Å²) in [6.07, 6.45) is 1.66. The lowest BCUT2D eigenvalue weighted by molar-refractivity contribution is 0.286. The molecule has 1 aromatic carbocycles. The summed E-state index contributed by atoms with van der Waals surface area (Å²) in [5.74, 6) is 0.615. The largest absolute Gasteiger partial charge is 0.396 e. The summed E-state index contributed by atoms with van der Waals surface area (Å²) in [5.41, 5.74) is 10.7. The highest BCUT2D eigenvalue weighted by molar-refractivity contribution is 7.12. The van der Waals surface area contributed by atoms with Crippen LogP contribution in [0.3, 0.4) is 0 Å². The molecule has 0 radical (unpaired) electrons. The predicted molar refractivity (Wildman–Crippen MR) is 87.4 cm³/mol. The topological polar surface area (TPSA) is 70.6 Å². The van der Waals surface area contributed by atoms with Crippen molar-refractivity contribution in [2.24, 2.45) is 10.7 Å². The first-order chi connectivity index (χ1) is 10.3. The number of hydrogen-bond donors (Lipinski definition) is 3. The lowest BCUT2D eigenvalue weighted by Crippen LogP contribution is -2.15. The van der Waals surface area contributed by atoms with E-state index in [9.17, 15) is 0 Å². The Morgan fingerprint density at radius 2 is 2.19 bits per heavy atom. The fourth-order valence-electron chi connectivity index (χ4n) is 2.50. The summed E-state index contributed by atoms with van der Waals surface area (Å²) in [7, 11) is 0. The zero-order valence-corrected chi connectivity index (χ0v) is 12.6. The van der Waals surface area contributed by atoms with E-state index in [1.54, 1.807) is 11.3 Å². The van der Waals surface area contributed by atoms with Crippen LogP contribution in [0.15, 0.2) is 34.6 Å². The molecule has 21 heavy (non-hydrogen) atoms. The predicted octanol–water partition coefficient (Wildman–Crippen LogP) is 2.16. The van der Waals surface area contributed by atoms with Crippen LogP contribution < -0.4 is 11.1 Å². The fraction of sp³-hybridized carbons (Fsp3) is 0.312. The summed E-state index contributed by atoms with van der Waals surface area (Å²) < 4.78 is 0. The number of fused-ring (bicyclic) bond motifs is 2. The molecule has 0 spiro atoms. The fourth-order valence-corrected chi connectivity index (χ4v) is 3.32. The number of aliphatic imine (C=N–C) groups is 1. The number of hydrogen-bond acceptors (Lipinski definition) is 5. The van der Waals surface area contributed by atoms with Gasteiger partial charge in [-0.3, -0.25) is 0 Å². The number of rotatable bonds is 5. The molecule has 110 valence electrons. The number of nitrogens with one attached hydrogen (secondary N) is 1. The van der Waals surface area contributed by atoms with Crippen molar-refractivity contribution in [3.8, 4) is 0 Å². The van der Waals surface area contributed by atoms with Gasteiger partial charge in [0.2, 0.25) is 0 Å². The molecule has 2 aromatic rings. The van der Waals surface area contributed by atoms with Crippen LogP contribution in [0, 0.1) is 0 Å². The van der Waals surface area contributed by atoms with Crippen LogP contribution in [0.5, 0.6) is 0 Å². The van der Waals surface area contributed by atoms with Gasteiger partial charge in [0.25, 0.3) is 0 Å². The maximum atomic E-state index is 8.78. The van der Waals surface area contributed by atoms with Gasteiger partial charge in [-0.1, -0.05) is 12.1 Å². The molecule has 0 fully saturated rings. The van der Waals surface area contributed by atoms with E-state index >= 15 is 0 Å². The zero-order valence-electron chi connectivity index (χ0n) is 11.8. The average Bonchev–Trinajstić information content (AvgIpc) is 2.89. The Labute approximate surface area is 128 Å². The summed E-state index contributed by atoms with van der Waals surface area (Å²) in [4.78, 5) is 5.69. The maximum absolute atomic E-state index is 8.78. The second-order valence-electron chi connectivity index (χ2n) is 5.17. The highest BCUT2D eigenvalue weighted by Gasteiger charge is 2.16. The first-order valence-corrected chi connectivity index (χ1v) is 8.00. The van der Waals surface area contributed by atoms with Crippen LogP contribution in [-0.2, 0) is 13.0 Å². The molecule has 3 rings (SSSR count). The molecule has 0 atom stereocenters. The van der Waals surface area contributed by atoms with Gasteiger partial charge in [-0.2, -0.15) is 0 Å². The molecule has 0 amide bonds. The van der Waals surface area contributed by atoms with Crippen molar-refractivity contribution in [2.75, 3.05) is 13.2 Å². The maximum Gasteiger partial charge on any atom is 0.141 e. The molecule has 4 nitrogen and oxygen atoms in total. The third kappa shape index (κ3) is 3.15. The van der Waals surface area contributed by atoms with Crippen molar-refractivity contribution in [1.29, 1.82) is 0 Å². The minimum atomic E-state index is 0.223. The molecule has 2 heterocycles. The number of aliphatic hydroxyl groups is 1. The summed E-state index contributed by atoms with van der Waals surface area (Å²) >= 11 is 1.65. The van der Waals surface area contributed by atoms with E-state index in [2.05, 4.69) is 40.0 Å². The summed E-state index contributed by atoms with van der Waals surface area (Å²) in [5, 5.41) is 14.2. The molecular weight excluding hydrogens is 282 g/mol. The third-order valence-electron chi connectivity index (χ3n) is 3.59. The molecule has 0 bridgehead atoms. The van der Waals surface area contributed by atoms with Gasteiger partial charge in [0.15, 0.2) is 0 Å². The van der Waals surface area contributed by atoms with E-state index < -0.39 is 0 Å². The van der Waals surface area contributed by atoms with Gasteiger partial charge in [-0.05, 0) is 47.2 Å². The lowest BCUT2D eigenvalue weighted by Gasteiger charge is -2.08. The number of aliphatic hydroxyl groups excluding tert-OH is 1. The standard InChI is InChI=1S/C16H19N3OS/c17-16-15-13(4-7-21-15)9-12-3-2-11(8-14(12)19-16)10-18-5-1-6-20/h2-4,7-8,18,20H,1,5-6,9-10H2,(H2,17,19). The van der Waals surface area contributed by atoms with E-state index in [1.165, 1.54) is 16.7 Å². The van der Waals surface area contributed by atoms with Crippen LogP contribution in [0.2, 0.25) is 0 Å². The van der Waals surface area contributed by atoms with Crippen molar-refractivity contribution in [3.63, 3.8) is 0 Å². The van der Waals surface area contributed by atoms with Crippen LogP contribution >= 0.6 is 11.3 Å². The molecule has 4 N–H and O–H groups in total. The van der Waals surface area contributed by atoms with Crippen molar-refractivity contribution >= 4 is 22.9 Å². The van der Waals surface area contributed by atoms with Gasteiger partial charge >= 0.3 is 0 Å². The van der Waals surface area contributed by atoms with Crippen LogP contribution in [-0.4, -0.2) is 24.1 Å². The number of thiophene rings is 1. The van der Waals surface area contributed by atoms with Crippen molar-refractivity contribution in [1.82, 2.24) is 5.32 Å². The van der Waals surface area contributed by atoms with E-state index in [4.69, 9.17) is 10.8 Å². The monoisotopic (exact) mass is 301 g/mol. The Hall–Kier alpha value is -1.69. The molecule has 1 aliphatic heterocycles. The first-order valence-electron chi connectivity index (χ1n) is 7.12. The van der Waals surface area contributed by atoms with E-state index in [-0.39, 0.29) is 6.61 Å². The van der Waals surface area contributed by atoms with Gasteiger partial charge in [0.1, 0.15) is 5.84 Å². The van der Waals surface area contributed by atoms with Gasteiger partial charge in [-0.15, -0.1) is 11.3 Å². The van der Waals surface area contributed by atoms with E-state index in [0.29, 0.717) is 5.84 Å². The van der Waals surface area contributed by atoms with Crippen molar-refractivity contribution in [3.05, 3.63) is 51.2 Å². The number of amidine groups is 1. The van der Waals surface area contributed by atoms with Crippen LogP contribution in [0.1, 0.15) is 28.0 Å². The normalized spacial score (nSPS) is 13.3. The summed E-state index contributed by atoms with van der Waals surface area (Å²) in [6, 6.07) is 8.50. The quantitative estimate of drug-likeness (QED) is 0.741. The Bertz CT molecular complexity index is 663. The minimum Gasteiger partial charge on any atom is -0.396 e. The Kier molecular flexibility index (Phi) is 4.34. The molecule has 1 aliphatic rings. The summed E-state index contributed by atoms with van der Waals surface area (Å²) in [6.45, 7) is 1.82. The lowest BCUT2D eigenvalue weighted by atomic mass is 10.0. The molecular formula is C16H19N3OS. The molecule has 0 saturated heterocycles. The Balaban J connectivity index is 1.81. The van der Waals surface area contributed by atoms with Gasteiger partial charge < -0.3 is 16.2 Å². The highest BCUT2D eigenvalue weighted by atomic mass is 32.1. The van der Waals surface area contributed by atoms with E-state index in [0.717, 1.165) is 36.5 Å². The number of nitrogens with zero attached hydrogens (tertiary/aromatic N) is 1. The molecule has 0 aliphatic carbocycles. The number of nitrogens with two attached hydrogens (primary N) is 1. The van der Waals surface area contributed by atoms with Crippen LogP contribution in [0.25, 0.3) is 0 Å². The smallest absolute Gasteiger partial charge is 0.141 e. The SMILES string of the molecule is NC1=Nc2cc(CNCCCO)ccc2Cc2ccsc21. The van der Waals surface area contributed by atoms with Gasteiger partial charge in [-0.25, -0.2) is 4.99 Å². The van der Waals surface area contributed by atoms with Crippen molar-refractivity contribution < 1.29 is 5.11 Å². The van der Waals surface area contributed by atoms with Gasteiger partial charge in [0, 0.05) is 19.6 Å². The number of benzene rings is 1. The third-order valence-corrected chi connectivity index (χ3v) is 4.57. The second kappa shape index (κ2) is 6.39. The van der Waals surface area contributed by atoms with Gasteiger partial charge in [0.05, 0.1) is 10.6 Å². The van der Waals surface area contributed by atoms with E-state index in [1.807, 2.05) is 0 Å². The Morgan fingerprint density at radius 1 is 1.29 bits per heavy atom. The molecule has 1 aromatic heterocycles. The average molecular weight is 301 g/mol. The Morgan fingerprint density at radius 3 is 3.05 bits per heavy atom. The minimum absolute atomic E-state index is 0.223. The van der Waals surface area contributed by atoms with Crippen LogP contribution in [0.4, 0.5) is 5.69 Å². The molecule has 0 unspecified atom stereocenters. The molecule has 5 heteroatoms. The van der Waals surface area contributed by atoms with Crippen molar-refractivity contribution in [2.45, 2.75) is 19.4 Å². The zero-order chi connectivity index (χ0) is 14.7. The first kappa shape index (κ1) is 14.3. The second-order valence-corrected chi connectivity index (χ2v) is 6.08. The highest BCUT2D eigenvalue weighted by Crippen LogP contribution is 2.31. The molecule has 0 saturated carbocycles.